The lowest BCUT2D eigenvalue weighted by molar-refractivity contribution is -0.137. The van der Waals surface area contributed by atoms with E-state index in [2.05, 4.69) is 29.2 Å². The number of carbonyl (C=O) groups excluding carboxylic acids is 1. The van der Waals surface area contributed by atoms with Crippen molar-refractivity contribution in [2.45, 2.75) is 56.9 Å². The van der Waals surface area contributed by atoms with Crippen LogP contribution in [0.2, 0.25) is 0 Å². The molecule has 4 heteroatoms. The number of fused-ring (bicyclic) bond motifs is 1. The Morgan fingerprint density at radius 3 is 2.82 bits per heavy atom. The number of halogens is 1. The summed E-state index contributed by atoms with van der Waals surface area (Å²) < 4.78 is 0. The Morgan fingerprint density at radius 2 is 2.00 bits per heavy atom. The normalized spacial score (nSPS) is 24.3. The summed E-state index contributed by atoms with van der Waals surface area (Å²) in [4.78, 5) is 15.2. The van der Waals surface area contributed by atoms with Gasteiger partial charge >= 0.3 is 0 Å². The highest BCUT2D eigenvalue weighted by Crippen LogP contribution is 2.34. The van der Waals surface area contributed by atoms with Gasteiger partial charge in [0.2, 0.25) is 5.91 Å². The molecule has 22 heavy (non-hydrogen) atoms. The summed E-state index contributed by atoms with van der Waals surface area (Å²) in [6.07, 6.45) is 7.69. The molecular weight excluding hydrogens is 296 g/mol. The van der Waals surface area contributed by atoms with Gasteiger partial charge in [0, 0.05) is 12.6 Å². The van der Waals surface area contributed by atoms with Crippen molar-refractivity contribution < 1.29 is 4.79 Å². The summed E-state index contributed by atoms with van der Waals surface area (Å²) in [6, 6.07) is 8.86. The first kappa shape index (κ1) is 17.3. The zero-order chi connectivity index (χ0) is 14.7. The van der Waals surface area contributed by atoms with Crippen LogP contribution < -0.4 is 5.73 Å². The molecule has 1 amide bonds. The summed E-state index contributed by atoms with van der Waals surface area (Å²) in [7, 11) is 0. The lowest BCUT2D eigenvalue weighted by Crippen LogP contribution is -2.47. The first-order valence-electron chi connectivity index (χ1n) is 8.39. The largest absolute Gasteiger partial charge is 0.339 e. The summed E-state index contributed by atoms with van der Waals surface area (Å²) in [6.45, 7) is 1.60. The number of nitrogens with two attached hydrogens (primary N) is 1. The van der Waals surface area contributed by atoms with Gasteiger partial charge in [0.15, 0.2) is 0 Å². The number of rotatable bonds is 3. The van der Waals surface area contributed by atoms with Crippen molar-refractivity contribution in [2.75, 3.05) is 13.1 Å². The molecule has 3 nitrogen and oxygen atoms in total. The topological polar surface area (TPSA) is 46.3 Å². The Kier molecular flexibility index (Phi) is 6.27. The number of piperidine rings is 1. The van der Waals surface area contributed by atoms with E-state index in [0.29, 0.717) is 18.5 Å². The maximum Gasteiger partial charge on any atom is 0.230 e. The summed E-state index contributed by atoms with van der Waals surface area (Å²) in [5, 5.41) is 0. The monoisotopic (exact) mass is 322 g/mol. The predicted molar refractivity (Wildman–Crippen MR) is 92.4 cm³/mol. The van der Waals surface area contributed by atoms with Gasteiger partial charge in [-0.15, -0.1) is 12.4 Å². The molecule has 1 heterocycles. The molecule has 1 fully saturated rings. The molecule has 1 aromatic rings. The lowest BCUT2D eigenvalue weighted by atomic mass is 9.81. The van der Waals surface area contributed by atoms with Gasteiger partial charge in [0.05, 0.1) is 5.92 Å². The quantitative estimate of drug-likeness (QED) is 0.928. The van der Waals surface area contributed by atoms with Gasteiger partial charge < -0.3 is 10.6 Å². The third-order valence-corrected chi connectivity index (χ3v) is 5.08. The molecule has 1 saturated heterocycles. The molecular formula is C18H27ClN2O. The molecule has 0 saturated carbocycles. The maximum absolute atomic E-state index is 13.1. The third kappa shape index (κ3) is 3.47. The number of carbonyl (C=O) groups is 1. The van der Waals surface area contributed by atoms with Gasteiger partial charge in [-0.25, -0.2) is 0 Å². The van der Waals surface area contributed by atoms with Crippen LogP contribution in [0.3, 0.4) is 0 Å². The molecule has 0 aromatic heterocycles. The van der Waals surface area contributed by atoms with E-state index in [-0.39, 0.29) is 18.3 Å². The average molecular weight is 323 g/mol. The number of aryl methyl sites for hydroxylation is 1. The Labute approximate surface area is 139 Å². The lowest BCUT2D eigenvalue weighted by Gasteiger charge is -2.39. The van der Waals surface area contributed by atoms with Crippen molar-refractivity contribution in [2.24, 2.45) is 5.73 Å². The first-order chi connectivity index (χ1) is 10.3. The zero-order valence-corrected chi connectivity index (χ0v) is 14.0. The summed E-state index contributed by atoms with van der Waals surface area (Å²) in [5.74, 6) is 0.425. The second kappa shape index (κ2) is 7.98. The van der Waals surface area contributed by atoms with Gasteiger partial charge in [-0.1, -0.05) is 24.3 Å². The molecule has 2 N–H and O–H groups in total. The molecule has 2 aliphatic rings. The summed E-state index contributed by atoms with van der Waals surface area (Å²) >= 11 is 0. The van der Waals surface area contributed by atoms with E-state index in [1.807, 2.05) is 0 Å². The predicted octanol–water partition coefficient (Wildman–Crippen LogP) is 3.26. The fraction of sp³-hybridized carbons (Fsp3) is 0.611. The standard InChI is InChI=1S/C18H26N2O.ClH/c19-12-11-15-8-3-4-13-20(15)18(21)17-10-5-7-14-6-1-2-9-16(14)17;/h1-2,6,9,15,17H,3-5,7-8,10-13,19H2;1H. The van der Waals surface area contributed by atoms with Crippen LogP contribution in [-0.2, 0) is 11.2 Å². The Hall–Kier alpha value is -1.06. The Balaban J connectivity index is 0.00000176. The second-order valence-electron chi connectivity index (χ2n) is 6.40. The van der Waals surface area contributed by atoms with E-state index < -0.39 is 0 Å². The maximum atomic E-state index is 13.1. The van der Waals surface area contributed by atoms with E-state index in [1.165, 1.54) is 17.5 Å². The van der Waals surface area contributed by atoms with Crippen LogP contribution in [0.5, 0.6) is 0 Å². The van der Waals surface area contributed by atoms with Gasteiger partial charge in [0.25, 0.3) is 0 Å². The Bertz CT molecular complexity index is 504. The Morgan fingerprint density at radius 1 is 1.18 bits per heavy atom. The van der Waals surface area contributed by atoms with Crippen molar-refractivity contribution >= 4 is 18.3 Å². The number of hydrogen-bond acceptors (Lipinski definition) is 2. The third-order valence-electron chi connectivity index (χ3n) is 5.08. The minimum absolute atomic E-state index is 0. The molecule has 0 radical (unpaired) electrons. The fourth-order valence-corrected chi connectivity index (χ4v) is 3.99. The van der Waals surface area contributed by atoms with E-state index in [1.54, 1.807) is 0 Å². The zero-order valence-electron chi connectivity index (χ0n) is 13.2. The molecule has 1 aliphatic carbocycles. The number of amides is 1. The van der Waals surface area contributed by atoms with Crippen LogP contribution in [0.1, 0.15) is 55.6 Å². The number of hydrogen-bond donors (Lipinski definition) is 1. The van der Waals surface area contributed by atoms with Gasteiger partial charge in [-0.2, -0.15) is 0 Å². The van der Waals surface area contributed by atoms with Crippen molar-refractivity contribution in [3.8, 4) is 0 Å². The van der Waals surface area contributed by atoms with Crippen LogP contribution in [0.4, 0.5) is 0 Å². The SMILES string of the molecule is Cl.NCCC1CCCCN1C(=O)C1CCCc2ccccc21. The molecule has 122 valence electrons. The van der Waals surface area contributed by atoms with Gasteiger partial charge in [0.1, 0.15) is 0 Å². The van der Waals surface area contributed by atoms with Crippen molar-refractivity contribution in [1.29, 1.82) is 0 Å². The van der Waals surface area contributed by atoms with Crippen molar-refractivity contribution in [1.82, 2.24) is 4.90 Å². The number of likely N-dealkylation sites (tertiary alicyclic amines) is 1. The van der Waals surface area contributed by atoms with Crippen molar-refractivity contribution in [3.05, 3.63) is 35.4 Å². The molecule has 1 aromatic carbocycles. The van der Waals surface area contributed by atoms with Gasteiger partial charge in [-0.05, 0) is 62.6 Å². The first-order valence-corrected chi connectivity index (χ1v) is 8.39. The number of nitrogens with zero attached hydrogens (tertiary/aromatic N) is 1. The van der Waals surface area contributed by atoms with Crippen LogP contribution in [-0.4, -0.2) is 29.9 Å². The fourth-order valence-electron chi connectivity index (χ4n) is 3.99. The van der Waals surface area contributed by atoms with Gasteiger partial charge in [-0.3, -0.25) is 4.79 Å². The molecule has 3 rings (SSSR count). The number of benzene rings is 1. The van der Waals surface area contributed by atoms with Crippen LogP contribution >= 0.6 is 12.4 Å². The van der Waals surface area contributed by atoms with Crippen LogP contribution in [0.25, 0.3) is 0 Å². The van der Waals surface area contributed by atoms with E-state index in [4.69, 9.17) is 5.73 Å². The smallest absolute Gasteiger partial charge is 0.230 e. The van der Waals surface area contributed by atoms with Crippen molar-refractivity contribution in [3.63, 3.8) is 0 Å². The average Bonchev–Trinajstić information content (AvgIpc) is 2.54. The minimum atomic E-state index is 0. The highest BCUT2D eigenvalue weighted by molar-refractivity contribution is 5.85. The minimum Gasteiger partial charge on any atom is -0.339 e. The molecule has 2 unspecified atom stereocenters. The molecule has 0 bridgehead atoms. The van der Waals surface area contributed by atoms with Crippen LogP contribution in [0.15, 0.2) is 24.3 Å². The molecule has 0 spiro atoms. The van der Waals surface area contributed by atoms with E-state index >= 15 is 0 Å². The summed E-state index contributed by atoms with van der Waals surface area (Å²) in [5.41, 5.74) is 8.38. The van der Waals surface area contributed by atoms with E-state index in [9.17, 15) is 4.79 Å². The molecule has 1 aliphatic heterocycles. The molecule has 2 atom stereocenters. The highest BCUT2D eigenvalue weighted by Gasteiger charge is 2.33. The highest BCUT2D eigenvalue weighted by atomic mass is 35.5. The second-order valence-corrected chi connectivity index (χ2v) is 6.40. The van der Waals surface area contributed by atoms with E-state index in [0.717, 1.165) is 45.1 Å². The van der Waals surface area contributed by atoms with Crippen LogP contribution in [0, 0.1) is 0 Å².